The molecule has 1 fully saturated rings. The second-order valence-corrected chi connectivity index (χ2v) is 6.67. The van der Waals surface area contributed by atoms with Crippen LogP contribution in [0.1, 0.15) is 25.3 Å². The van der Waals surface area contributed by atoms with Crippen LogP contribution in [0, 0.1) is 0 Å². The van der Waals surface area contributed by atoms with Gasteiger partial charge in [0.1, 0.15) is 0 Å². The molecule has 1 heterocycles. The second-order valence-electron chi connectivity index (χ2n) is 5.85. The summed E-state index contributed by atoms with van der Waals surface area (Å²) >= 11 is 11.9. The lowest BCUT2D eigenvalue weighted by atomic mass is 9.95. The molecule has 25 heavy (non-hydrogen) atoms. The van der Waals surface area contributed by atoms with Gasteiger partial charge in [0, 0.05) is 13.2 Å². The summed E-state index contributed by atoms with van der Waals surface area (Å²) in [6, 6.07) is 1.21. The Bertz CT molecular complexity index is 624. The fraction of sp³-hybridized carbons (Fsp3) is 0.533. The molecule has 1 aromatic carbocycles. The number of alkyl halides is 3. The number of rotatable bonds is 4. The Morgan fingerprint density at radius 3 is 2.44 bits per heavy atom. The monoisotopic (exact) mass is 400 g/mol. The average molecular weight is 401 g/mol. The molecule has 10 heteroatoms. The Labute approximate surface area is 152 Å². The summed E-state index contributed by atoms with van der Waals surface area (Å²) in [6.45, 7) is 1.53. The molecule has 2 amide bonds. The molecule has 3 N–H and O–H groups in total. The highest BCUT2D eigenvalue weighted by molar-refractivity contribution is 6.39. The average Bonchev–Trinajstić information content (AvgIpc) is 3.00. The predicted octanol–water partition coefficient (Wildman–Crippen LogP) is 4.06. The van der Waals surface area contributed by atoms with Crippen LogP contribution in [0.5, 0.6) is 0 Å². The van der Waals surface area contributed by atoms with E-state index in [4.69, 9.17) is 27.9 Å². The maximum absolute atomic E-state index is 12.9. The summed E-state index contributed by atoms with van der Waals surface area (Å²) in [5.41, 5.74) is -3.70. The van der Waals surface area contributed by atoms with Crippen LogP contribution in [-0.4, -0.2) is 36.6 Å². The zero-order chi connectivity index (χ0) is 18.8. The highest BCUT2D eigenvalue weighted by Crippen LogP contribution is 2.42. The number of aliphatic hydroxyl groups is 1. The molecule has 5 nitrogen and oxygen atoms in total. The van der Waals surface area contributed by atoms with Crippen LogP contribution in [0.25, 0.3) is 0 Å². The van der Waals surface area contributed by atoms with Gasteiger partial charge in [0.25, 0.3) is 0 Å². The lowest BCUT2D eigenvalue weighted by Gasteiger charge is -2.27. The van der Waals surface area contributed by atoms with Gasteiger partial charge in [-0.2, -0.15) is 13.2 Å². The number of amides is 2. The molecule has 140 valence electrons. The highest BCUT2D eigenvalue weighted by Gasteiger charge is 2.51. The zero-order valence-electron chi connectivity index (χ0n) is 13.2. The maximum Gasteiger partial charge on any atom is 0.421 e. The summed E-state index contributed by atoms with van der Waals surface area (Å²) < 4.78 is 44.1. The Balaban J connectivity index is 2.10. The van der Waals surface area contributed by atoms with Gasteiger partial charge < -0.3 is 20.5 Å². The van der Waals surface area contributed by atoms with E-state index in [1.54, 1.807) is 0 Å². The van der Waals surface area contributed by atoms with E-state index in [1.165, 1.54) is 0 Å². The molecular formula is C15H17Cl2F3N2O3. The van der Waals surface area contributed by atoms with Crippen LogP contribution < -0.4 is 10.6 Å². The van der Waals surface area contributed by atoms with Gasteiger partial charge in [0.2, 0.25) is 0 Å². The number of anilines is 1. The van der Waals surface area contributed by atoms with Gasteiger partial charge in [-0.05, 0) is 37.5 Å². The number of halogens is 5. The molecule has 0 spiro atoms. The van der Waals surface area contributed by atoms with Crippen molar-refractivity contribution in [1.82, 2.24) is 5.32 Å². The summed E-state index contributed by atoms with van der Waals surface area (Å²) in [5, 5.41) is 14.2. The number of carbonyl (C=O) groups excluding carboxylic acids is 1. The third-order valence-electron chi connectivity index (χ3n) is 3.91. The molecule has 1 aromatic rings. The molecule has 0 bridgehead atoms. The van der Waals surface area contributed by atoms with E-state index < -0.39 is 23.4 Å². The van der Waals surface area contributed by atoms with Gasteiger partial charge in [-0.25, -0.2) is 4.79 Å². The van der Waals surface area contributed by atoms with E-state index >= 15 is 0 Å². The normalized spacial score (nSPS) is 20.2. The molecule has 0 aliphatic carbocycles. The van der Waals surface area contributed by atoms with Crippen LogP contribution in [0.2, 0.25) is 10.0 Å². The smallest absolute Gasteiger partial charge is 0.376 e. The summed E-state index contributed by atoms with van der Waals surface area (Å²) in [6.07, 6.45) is -3.22. The van der Waals surface area contributed by atoms with Crippen molar-refractivity contribution in [3.8, 4) is 0 Å². The van der Waals surface area contributed by atoms with E-state index in [2.05, 4.69) is 10.6 Å². The largest absolute Gasteiger partial charge is 0.421 e. The maximum atomic E-state index is 12.9. The molecule has 0 saturated carbocycles. The van der Waals surface area contributed by atoms with Crippen molar-refractivity contribution in [2.45, 2.75) is 37.6 Å². The first-order valence-corrected chi connectivity index (χ1v) is 8.23. The lowest BCUT2D eigenvalue weighted by Crippen LogP contribution is -2.39. The van der Waals surface area contributed by atoms with Crippen LogP contribution >= 0.6 is 23.2 Å². The van der Waals surface area contributed by atoms with Crippen molar-refractivity contribution in [3.05, 3.63) is 27.7 Å². The minimum absolute atomic E-state index is 0.0464. The van der Waals surface area contributed by atoms with E-state index in [1.807, 2.05) is 0 Å². The quantitative estimate of drug-likeness (QED) is 0.713. The Morgan fingerprint density at radius 1 is 1.36 bits per heavy atom. The molecule has 1 saturated heterocycles. The first-order valence-electron chi connectivity index (χ1n) is 7.47. The van der Waals surface area contributed by atoms with E-state index in [0.29, 0.717) is 20.1 Å². The van der Waals surface area contributed by atoms with Crippen molar-refractivity contribution in [2.24, 2.45) is 0 Å². The fourth-order valence-corrected chi connectivity index (χ4v) is 2.89. The van der Waals surface area contributed by atoms with E-state index in [9.17, 15) is 23.1 Å². The number of carbonyl (C=O) groups is 1. The molecule has 1 aliphatic heterocycles. The molecule has 1 aliphatic rings. The third kappa shape index (κ3) is 4.69. The number of ether oxygens (including phenoxy) is 1. The van der Waals surface area contributed by atoms with Gasteiger partial charge >= 0.3 is 12.2 Å². The van der Waals surface area contributed by atoms with Gasteiger partial charge in [-0.3, -0.25) is 0 Å². The number of hydrogen-bond acceptors (Lipinski definition) is 3. The SMILES string of the molecule is CC(O)(c1cc(Cl)c(NC(=O)NC[C@@H]2CCCO2)c(Cl)c1)C(F)(F)F. The molecule has 2 rings (SSSR count). The highest BCUT2D eigenvalue weighted by atomic mass is 35.5. The number of nitrogens with one attached hydrogen (secondary N) is 2. The van der Waals surface area contributed by atoms with Gasteiger partial charge in [0.15, 0.2) is 5.60 Å². The number of benzene rings is 1. The molecule has 1 unspecified atom stereocenters. The minimum atomic E-state index is -4.91. The van der Waals surface area contributed by atoms with Crippen LogP contribution in [0.4, 0.5) is 23.7 Å². The molecule has 0 radical (unpaired) electrons. The van der Waals surface area contributed by atoms with E-state index in [-0.39, 0.29) is 21.8 Å². The topological polar surface area (TPSA) is 70.6 Å². The van der Waals surface area contributed by atoms with Crippen LogP contribution in [0.15, 0.2) is 12.1 Å². The molecule has 0 aromatic heterocycles. The Hall–Kier alpha value is -1.22. The van der Waals surface area contributed by atoms with Crippen LogP contribution in [0.3, 0.4) is 0 Å². The van der Waals surface area contributed by atoms with Crippen molar-refractivity contribution >= 4 is 34.9 Å². The Kier molecular flexibility index (Phi) is 6.09. The first-order chi connectivity index (χ1) is 11.5. The van der Waals surface area contributed by atoms with Crippen molar-refractivity contribution in [1.29, 1.82) is 0 Å². The van der Waals surface area contributed by atoms with Gasteiger partial charge in [0.05, 0.1) is 21.8 Å². The van der Waals surface area contributed by atoms with Gasteiger partial charge in [-0.1, -0.05) is 23.2 Å². The summed E-state index contributed by atoms with van der Waals surface area (Å²) in [4.78, 5) is 11.9. The zero-order valence-corrected chi connectivity index (χ0v) is 14.7. The van der Waals surface area contributed by atoms with E-state index in [0.717, 1.165) is 25.0 Å². The standard InChI is InChI=1S/C15H17Cl2F3N2O3/c1-14(24,15(18,19)20)8-5-10(16)12(11(17)6-8)22-13(23)21-7-9-3-2-4-25-9/h5-6,9,24H,2-4,7H2,1H3,(H2,21,22,23)/t9-,14?/m0/s1. The molecular weight excluding hydrogens is 384 g/mol. The second kappa shape index (κ2) is 7.57. The lowest BCUT2D eigenvalue weighted by molar-refractivity contribution is -0.258. The minimum Gasteiger partial charge on any atom is -0.376 e. The predicted molar refractivity (Wildman–Crippen MR) is 88.1 cm³/mol. The summed E-state index contributed by atoms with van der Waals surface area (Å²) in [7, 11) is 0. The third-order valence-corrected chi connectivity index (χ3v) is 4.51. The fourth-order valence-electron chi connectivity index (χ4n) is 2.31. The first kappa shape index (κ1) is 20.1. The van der Waals surface area contributed by atoms with Crippen LogP contribution in [-0.2, 0) is 10.3 Å². The molecule has 2 atom stereocenters. The van der Waals surface area contributed by atoms with Crippen molar-refractivity contribution in [3.63, 3.8) is 0 Å². The van der Waals surface area contributed by atoms with Gasteiger partial charge in [-0.15, -0.1) is 0 Å². The van der Waals surface area contributed by atoms with Crippen molar-refractivity contribution in [2.75, 3.05) is 18.5 Å². The van der Waals surface area contributed by atoms with Crippen molar-refractivity contribution < 1.29 is 27.8 Å². The number of urea groups is 1. The number of hydrogen-bond donors (Lipinski definition) is 3. The summed E-state index contributed by atoms with van der Waals surface area (Å²) in [5.74, 6) is 0. The Morgan fingerprint density at radius 2 is 1.96 bits per heavy atom.